The van der Waals surface area contributed by atoms with Crippen molar-refractivity contribution in [2.45, 2.75) is 59.6 Å². The van der Waals surface area contributed by atoms with Crippen molar-refractivity contribution in [3.63, 3.8) is 0 Å². The number of aliphatic hydroxyl groups excluding tert-OH is 1. The van der Waals surface area contributed by atoms with Gasteiger partial charge in [0.05, 0.1) is 35.5 Å². The minimum atomic E-state index is -0.314. The van der Waals surface area contributed by atoms with Crippen molar-refractivity contribution in [3.8, 4) is 17.1 Å². The van der Waals surface area contributed by atoms with Crippen molar-refractivity contribution in [1.82, 2.24) is 14.5 Å². The van der Waals surface area contributed by atoms with Crippen LogP contribution in [-0.4, -0.2) is 32.9 Å². The van der Waals surface area contributed by atoms with Gasteiger partial charge >= 0.3 is 0 Å². The first kappa shape index (κ1) is 19.4. The van der Waals surface area contributed by atoms with E-state index in [-0.39, 0.29) is 6.10 Å². The fourth-order valence-corrected chi connectivity index (χ4v) is 3.37. The standard InChI is InChI=1S/C22H29N3O2/c1-13(2)18-8-7-17(22(23-18)27-6)20-14(3)11-19-21(24-20)15(4)12-25(19)10-9-16(5)26/h7-8,11-13,16,26H,9-10H2,1-6H3. The molecule has 3 heterocycles. The molecule has 0 spiro atoms. The molecule has 0 bridgehead atoms. The van der Waals surface area contributed by atoms with Gasteiger partial charge in [0.25, 0.3) is 0 Å². The van der Waals surface area contributed by atoms with E-state index in [9.17, 15) is 5.11 Å². The van der Waals surface area contributed by atoms with Crippen LogP contribution in [0.15, 0.2) is 24.4 Å². The molecular formula is C22H29N3O2. The Morgan fingerprint density at radius 3 is 2.48 bits per heavy atom. The quantitative estimate of drug-likeness (QED) is 0.691. The number of fused-ring (bicyclic) bond motifs is 1. The topological polar surface area (TPSA) is 60.2 Å². The molecule has 1 unspecified atom stereocenters. The zero-order valence-electron chi connectivity index (χ0n) is 17.1. The maximum Gasteiger partial charge on any atom is 0.222 e. The van der Waals surface area contributed by atoms with Gasteiger partial charge in [0, 0.05) is 18.4 Å². The van der Waals surface area contributed by atoms with Crippen molar-refractivity contribution in [3.05, 3.63) is 41.2 Å². The lowest BCUT2D eigenvalue weighted by Crippen LogP contribution is -2.06. The molecule has 0 amide bonds. The summed E-state index contributed by atoms with van der Waals surface area (Å²) in [5.74, 6) is 0.956. The lowest BCUT2D eigenvalue weighted by atomic mass is 10.0. The molecule has 5 nitrogen and oxygen atoms in total. The second kappa shape index (κ2) is 7.69. The lowest BCUT2D eigenvalue weighted by Gasteiger charge is -2.13. The van der Waals surface area contributed by atoms with Crippen molar-refractivity contribution in [2.24, 2.45) is 0 Å². The molecule has 3 aromatic heterocycles. The fourth-order valence-electron chi connectivity index (χ4n) is 3.37. The Kier molecular flexibility index (Phi) is 5.51. The SMILES string of the molecule is COc1nc(C(C)C)ccc1-c1nc2c(C)cn(CCC(C)O)c2cc1C. The van der Waals surface area contributed by atoms with E-state index in [0.717, 1.165) is 52.1 Å². The molecule has 1 N–H and O–H groups in total. The monoisotopic (exact) mass is 367 g/mol. The van der Waals surface area contributed by atoms with Crippen molar-refractivity contribution >= 4 is 11.0 Å². The molecule has 0 saturated carbocycles. The average Bonchev–Trinajstić information content (AvgIpc) is 2.93. The molecule has 0 aliphatic heterocycles. The summed E-state index contributed by atoms with van der Waals surface area (Å²) >= 11 is 0. The minimum absolute atomic E-state index is 0.314. The zero-order chi connectivity index (χ0) is 19.7. The fraction of sp³-hybridized carbons (Fsp3) is 0.455. The number of hydrogen-bond donors (Lipinski definition) is 1. The van der Waals surface area contributed by atoms with E-state index in [1.54, 1.807) is 7.11 Å². The first-order chi connectivity index (χ1) is 12.8. The first-order valence-electron chi connectivity index (χ1n) is 9.52. The molecule has 5 heteroatoms. The van der Waals surface area contributed by atoms with Crippen LogP contribution in [0.4, 0.5) is 0 Å². The number of methoxy groups -OCH3 is 1. The Labute approximate surface area is 161 Å². The highest BCUT2D eigenvalue weighted by Crippen LogP contribution is 2.33. The zero-order valence-corrected chi connectivity index (χ0v) is 17.1. The van der Waals surface area contributed by atoms with E-state index >= 15 is 0 Å². The highest BCUT2D eigenvalue weighted by molar-refractivity contribution is 5.85. The van der Waals surface area contributed by atoms with Crippen LogP contribution < -0.4 is 4.74 Å². The van der Waals surface area contributed by atoms with E-state index in [0.29, 0.717) is 11.8 Å². The average molecular weight is 367 g/mol. The van der Waals surface area contributed by atoms with E-state index in [2.05, 4.69) is 61.6 Å². The Morgan fingerprint density at radius 2 is 1.85 bits per heavy atom. The summed E-state index contributed by atoms with van der Waals surface area (Å²) < 4.78 is 7.75. The van der Waals surface area contributed by atoms with E-state index in [1.165, 1.54) is 0 Å². The van der Waals surface area contributed by atoms with Crippen LogP contribution in [0.5, 0.6) is 5.88 Å². The molecule has 1 atom stereocenters. The van der Waals surface area contributed by atoms with E-state index in [1.807, 2.05) is 6.92 Å². The summed E-state index contributed by atoms with van der Waals surface area (Å²) in [4.78, 5) is 9.64. The van der Waals surface area contributed by atoms with Gasteiger partial charge in [-0.05, 0) is 62.4 Å². The van der Waals surface area contributed by atoms with Gasteiger partial charge in [-0.1, -0.05) is 13.8 Å². The molecule has 0 fully saturated rings. The number of aliphatic hydroxyl groups is 1. The van der Waals surface area contributed by atoms with E-state index < -0.39 is 0 Å². The van der Waals surface area contributed by atoms with Gasteiger partial charge in [-0.25, -0.2) is 9.97 Å². The second-order valence-corrected chi connectivity index (χ2v) is 7.61. The number of nitrogens with zero attached hydrogens (tertiary/aromatic N) is 3. The molecule has 0 aliphatic rings. The molecule has 3 aromatic rings. The Hall–Kier alpha value is -2.40. The highest BCUT2D eigenvalue weighted by atomic mass is 16.5. The number of aryl methyl sites for hydroxylation is 3. The largest absolute Gasteiger partial charge is 0.480 e. The smallest absolute Gasteiger partial charge is 0.222 e. The predicted octanol–water partition coefficient (Wildman–Crippen LogP) is 4.62. The van der Waals surface area contributed by atoms with Crippen LogP contribution >= 0.6 is 0 Å². The van der Waals surface area contributed by atoms with Crippen molar-refractivity contribution in [2.75, 3.05) is 7.11 Å². The summed E-state index contributed by atoms with van der Waals surface area (Å²) in [6.45, 7) is 11.0. The summed E-state index contributed by atoms with van der Waals surface area (Å²) in [6, 6.07) is 6.28. The van der Waals surface area contributed by atoms with Crippen LogP contribution in [0.1, 0.15) is 49.9 Å². The number of aromatic nitrogens is 3. The molecule has 0 saturated heterocycles. The van der Waals surface area contributed by atoms with Gasteiger partial charge < -0.3 is 14.4 Å². The predicted molar refractivity (Wildman–Crippen MR) is 109 cm³/mol. The highest BCUT2D eigenvalue weighted by Gasteiger charge is 2.17. The second-order valence-electron chi connectivity index (χ2n) is 7.61. The molecule has 0 aromatic carbocycles. The lowest BCUT2D eigenvalue weighted by molar-refractivity contribution is 0.178. The van der Waals surface area contributed by atoms with Gasteiger partial charge in [-0.2, -0.15) is 0 Å². The molecule has 0 aliphatic carbocycles. The Bertz CT molecular complexity index is 958. The van der Waals surface area contributed by atoms with Crippen LogP contribution in [0.2, 0.25) is 0 Å². The Balaban J connectivity index is 2.11. The number of pyridine rings is 2. The minimum Gasteiger partial charge on any atom is -0.480 e. The molecule has 0 radical (unpaired) electrons. The normalized spacial score (nSPS) is 12.7. The summed E-state index contributed by atoms with van der Waals surface area (Å²) in [5, 5.41) is 9.61. The summed E-state index contributed by atoms with van der Waals surface area (Å²) in [6.07, 6.45) is 2.52. The third-order valence-electron chi connectivity index (χ3n) is 4.94. The number of ether oxygens (including phenoxy) is 1. The summed E-state index contributed by atoms with van der Waals surface area (Å²) in [5.41, 5.74) is 7.11. The van der Waals surface area contributed by atoms with Crippen molar-refractivity contribution in [1.29, 1.82) is 0 Å². The van der Waals surface area contributed by atoms with Gasteiger partial charge in [-0.15, -0.1) is 0 Å². The first-order valence-corrected chi connectivity index (χ1v) is 9.52. The van der Waals surface area contributed by atoms with E-state index in [4.69, 9.17) is 9.72 Å². The third-order valence-corrected chi connectivity index (χ3v) is 4.94. The third kappa shape index (κ3) is 3.83. The van der Waals surface area contributed by atoms with Gasteiger partial charge in [0.15, 0.2) is 0 Å². The maximum absolute atomic E-state index is 9.61. The molecule has 144 valence electrons. The maximum atomic E-state index is 9.61. The van der Waals surface area contributed by atoms with Crippen LogP contribution in [0.3, 0.4) is 0 Å². The Morgan fingerprint density at radius 1 is 1.11 bits per heavy atom. The van der Waals surface area contributed by atoms with Crippen LogP contribution in [0.25, 0.3) is 22.3 Å². The van der Waals surface area contributed by atoms with Crippen LogP contribution in [-0.2, 0) is 6.54 Å². The van der Waals surface area contributed by atoms with Crippen molar-refractivity contribution < 1.29 is 9.84 Å². The number of hydrogen-bond acceptors (Lipinski definition) is 4. The van der Waals surface area contributed by atoms with Crippen LogP contribution in [0, 0.1) is 13.8 Å². The van der Waals surface area contributed by atoms with Gasteiger partial charge in [-0.3, -0.25) is 0 Å². The molecule has 3 rings (SSSR count). The summed E-state index contributed by atoms with van der Waals surface area (Å²) in [7, 11) is 1.65. The number of rotatable bonds is 6. The van der Waals surface area contributed by atoms with Gasteiger partial charge in [0.2, 0.25) is 5.88 Å². The van der Waals surface area contributed by atoms with Gasteiger partial charge in [0.1, 0.15) is 0 Å². The molecule has 27 heavy (non-hydrogen) atoms. The molecular weight excluding hydrogens is 338 g/mol.